The van der Waals surface area contributed by atoms with Gasteiger partial charge in [-0.2, -0.15) is 5.10 Å². The molecule has 1 aliphatic heterocycles. The third-order valence-electron chi connectivity index (χ3n) is 5.56. The fraction of sp³-hybridized carbons (Fsp3) is 0.500. The fourth-order valence-electron chi connectivity index (χ4n) is 3.91. The van der Waals surface area contributed by atoms with Gasteiger partial charge in [-0.05, 0) is 32.8 Å². The van der Waals surface area contributed by atoms with Crippen molar-refractivity contribution in [3.05, 3.63) is 52.8 Å². The molecular formula is C22H30N4O2. The van der Waals surface area contributed by atoms with Crippen LogP contribution in [0.5, 0.6) is 0 Å². The first-order valence-electron chi connectivity index (χ1n) is 10.2. The molecule has 1 saturated heterocycles. The Morgan fingerprint density at radius 1 is 1.07 bits per heavy atom. The molecule has 150 valence electrons. The van der Waals surface area contributed by atoms with Crippen LogP contribution in [-0.4, -0.2) is 45.8 Å². The number of nitrogens with zero attached hydrogens (tertiary/aromatic N) is 3. The highest BCUT2D eigenvalue weighted by atomic mass is 16.2. The van der Waals surface area contributed by atoms with Crippen LogP contribution in [0.2, 0.25) is 0 Å². The van der Waals surface area contributed by atoms with Gasteiger partial charge in [-0.15, -0.1) is 0 Å². The number of benzene rings is 1. The molecule has 6 nitrogen and oxygen atoms in total. The van der Waals surface area contributed by atoms with E-state index < -0.39 is 0 Å². The number of carbonyl (C=O) groups is 1. The van der Waals surface area contributed by atoms with Gasteiger partial charge in [0, 0.05) is 43.2 Å². The summed E-state index contributed by atoms with van der Waals surface area (Å²) < 4.78 is 1.37. The Morgan fingerprint density at radius 2 is 1.79 bits per heavy atom. The third-order valence-corrected chi connectivity index (χ3v) is 5.56. The molecular weight excluding hydrogens is 352 g/mol. The standard InChI is InChI=1S/C22H30N4O2/c1-17-7-6-8-18(2)25(17)16-14-23-21(27)13-15-26-22(28)12-11-20(24-26)19-9-4-3-5-10-19/h3-5,9-12,17-18H,6-8,13-16H2,1-2H3,(H,23,27)/t17-,18-/m0/s1. The van der Waals surface area contributed by atoms with Gasteiger partial charge in [0.25, 0.3) is 5.56 Å². The molecule has 2 atom stereocenters. The average molecular weight is 383 g/mol. The molecule has 1 fully saturated rings. The summed E-state index contributed by atoms with van der Waals surface area (Å²) >= 11 is 0. The minimum Gasteiger partial charge on any atom is -0.355 e. The molecule has 2 aromatic rings. The molecule has 1 N–H and O–H groups in total. The van der Waals surface area contributed by atoms with Crippen molar-refractivity contribution in [3.63, 3.8) is 0 Å². The van der Waals surface area contributed by atoms with Gasteiger partial charge in [0.2, 0.25) is 5.91 Å². The van der Waals surface area contributed by atoms with Gasteiger partial charge < -0.3 is 5.32 Å². The molecule has 0 saturated carbocycles. The Morgan fingerprint density at radius 3 is 2.50 bits per heavy atom. The summed E-state index contributed by atoms with van der Waals surface area (Å²) in [4.78, 5) is 26.8. The second-order valence-corrected chi connectivity index (χ2v) is 7.61. The zero-order valence-electron chi connectivity index (χ0n) is 16.8. The molecule has 3 rings (SSSR count). The maximum absolute atomic E-state index is 12.2. The van der Waals surface area contributed by atoms with E-state index in [0.717, 1.165) is 17.8 Å². The lowest BCUT2D eigenvalue weighted by atomic mass is 9.98. The van der Waals surface area contributed by atoms with Gasteiger partial charge in [0.15, 0.2) is 0 Å². The number of amides is 1. The van der Waals surface area contributed by atoms with Crippen molar-refractivity contribution >= 4 is 5.91 Å². The number of likely N-dealkylation sites (tertiary alicyclic amines) is 1. The van der Waals surface area contributed by atoms with Gasteiger partial charge in [-0.25, -0.2) is 4.68 Å². The van der Waals surface area contributed by atoms with E-state index in [1.54, 1.807) is 6.07 Å². The summed E-state index contributed by atoms with van der Waals surface area (Å²) in [5, 5.41) is 7.39. The topological polar surface area (TPSA) is 67.2 Å². The Labute approximate surface area is 166 Å². The Balaban J connectivity index is 1.50. The molecule has 1 aromatic carbocycles. The Kier molecular flexibility index (Phi) is 6.98. The molecule has 1 amide bonds. The van der Waals surface area contributed by atoms with Gasteiger partial charge >= 0.3 is 0 Å². The Hall–Kier alpha value is -2.47. The number of nitrogens with one attached hydrogen (secondary N) is 1. The lowest BCUT2D eigenvalue weighted by molar-refractivity contribution is -0.121. The van der Waals surface area contributed by atoms with Crippen LogP contribution in [0.1, 0.15) is 39.5 Å². The maximum Gasteiger partial charge on any atom is 0.266 e. The first kappa shape index (κ1) is 20.3. The fourth-order valence-corrected chi connectivity index (χ4v) is 3.91. The SMILES string of the molecule is C[C@H]1CCC[C@H](C)N1CCNC(=O)CCn1nc(-c2ccccc2)ccc1=O. The van der Waals surface area contributed by atoms with Gasteiger partial charge in [-0.3, -0.25) is 14.5 Å². The van der Waals surface area contributed by atoms with Crippen molar-refractivity contribution in [3.8, 4) is 11.3 Å². The minimum atomic E-state index is -0.191. The number of aryl methyl sites for hydroxylation is 1. The summed E-state index contributed by atoms with van der Waals surface area (Å²) in [6.45, 7) is 6.31. The van der Waals surface area contributed by atoms with Gasteiger partial charge in [0.1, 0.15) is 0 Å². The summed E-state index contributed by atoms with van der Waals surface area (Å²) in [5.41, 5.74) is 1.49. The van der Waals surface area contributed by atoms with E-state index in [4.69, 9.17) is 0 Å². The number of hydrogen-bond donors (Lipinski definition) is 1. The van der Waals surface area contributed by atoms with Crippen LogP contribution in [-0.2, 0) is 11.3 Å². The van der Waals surface area contributed by atoms with Gasteiger partial charge in [0.05, 0.1) is 12.2 Å². The van der Waals surface area contributed by atoms with E-state index in [9.17, 15) is 9.59 Å². The predicted molar refractivity (Wildman–Crippen MR) is 111 cm³/mol. The summed E-state index contributed by atoms with van der Waals surface area (Å²) in [5.74, 6) is -0.0453. The van der Waals surface area contributed by atoms with E-state index >= 15 is 0 Å². The average Bonchev–Trinajstić information content (AvgIpc) is 2.70. The molecule has 0 unspecified atom stereocenters. The largest absolute Gasteiger partial charge is 0.355 e. The summed E-state index contributed by atoms with van der Waals surface area (Å²) in [6.07, 6.45) is 3.99. The minimum absolute atomic E-state index is 0.0453. The highest BCUT2D eigenvalue weighted by molar-refractivity contribution is 5.75. The Bertz CT molecular complexity index is 824. The maximum atomic E-state index is 12.2. The smallest absolute Gasteiger partial charge is 0.266 e. The lowest BCUT2D eigenvalue weighted by Gasteiger charge is -2.39. The second kappa shape index (κ2) is 9.64. The van der Waals surface area contributed by atoms with E-state index in [0.29, 0.717) is 18.6 Å². The predicted octanol–water partition coefficient (Wildman–Crippen LogP) is 2.68. The summed E-state index contributed by atoms with van der Waals surface area (Å²) in [6, 6.07) is 14.1. The van der Waals surface area contributed by atoms with Crippen molar-refractivity contribution in [2.24, 2.45) is 0 Å². The number of aromatic nitrogens is 2. The van der Waals surface area contributed by atoms with Crippen molar-refractivity contribution in [1.82, 2.24) is 20.0 Å². The summed E-state index contributed by atoms with van der Waals surface area (Å²) in [7, 11) is 0. The van der Waals surface area contributed by atoms with Crippen LogP contribution >= 0.6 is 0 Å². The van der Waals surface area contributed by atoms with E-state index in [-0.39, 0.29) is 24.4 Å². The quantitative estimate of drug-likeness (QED) is 0.799. The highest BCUT2D eigenvalue weighted by Gasteiger charge is 2.23. The zero-order chi connectivity index (χ0) is 19.9. The van der Waals surface area contributed by atoms with Crippen LogP contribution in [0, 0.1) is 0 Å². The van der Waals surface area contributed by atoms with Gasteiger partial charge in [-0.1, -0.05) is 36.8 Å². The monoisotopic (exact) mass is 382 g/mol. The molecule has 0 aliphatic carbocycles. The van der Waals surface area contributed by atoms with Crippen LogP contribution in [0.15, 0.2) is 47.3 Å². The molecule has 0 bridgehead atoms. The first-order valence-corrected chi connectivity index (χ1v) is 10.2. The zero-order valence-corrected chi connectivity index (χ0v) is 16.8. The second-order valence-electron chi connectivity index (χ2n) is 7.61. The van der Waals surface area contributed by atoms with Crippen molar-refractivity contribution in [2.75, 3.05) is 13.1 Å². The van der Waals surface area contributed by atoms with Crippen LogP contribution in [0.4, 0.5) is 0 Å². The first-order chi connectivity index (χ1) is 13.5. The van der Waals surface area contributed by atoms with E-state index in [1.165, 1.54) is 30.0 Å². The molecule has 2 heterocycles. The van der Waals surface area contributed by atoms with Crippen LogP contribution < -0.4 is 10.9 Å². The van der Waals surface area contributed by atoms with Crippen LogP contribution in [0.25, 0.3) is 11.3 Å². The highest BCUT2D eigenvalue weighted by Crippen LogP contribution is 2.21. The van der Waals surface area contributed by atoms with E-state index in [2.05, 4.69) is 29.2 Å². The lowest BCUT2D eigenvalue weighted by Crippen LogP contribution is -2.47. The van der Waals surface area contributed by atoms with Crippen molar-refractivity contribution < 1.29 is 4.79 Å². The van der Waals surface area contributed by atoms with Crippen molar-refractivity contribution in [2.45, 2.75) is 58.2 Å². The normalized spacial score (nSPS) is 20.1. The molecule has 28 heavy (non-hydrogen) atoms. The molecule has 0 spiro atoms. The van der Waals surface area contributed by atoms with E-state index in [1.807, 2.05) is 30.3 Å². The van der Waals surface area contributed by atoms with Crippen molar-refractivity contribution in [1.29, 1.82) is 0 Å². The molecule has 1 aliphatic rings. The molecule has 6 heteroatoms. The number of hydrogen-bond acceptors (Lipinski definition) is 4. The molecule has 0 radical (unpaired) electrons. The number of carbonyl (C=O) groups excluding carboxylic acids is 1. The third kappa shape index (κ3) is 5.29. The number of piperidine rings is 1. The number of rotatable bonds is 7. The van der Waals surface area contributed by atoms with Crippen LogP contribution in [0.3, 0.4) is 0 Å². The molecule has 1 aromatic heterocycles.